The molecule has 4 nitrogen and oxygen atoms in total. The Morgan fingerprint density at radius 1 is 0.694 bits per heavy atom. The molecule has 0 atom stereocenters. The summed E-state index contributed by atoms with van der Waals surface area (Å²) >= 11 is 0. The van der Waals surface area contributed by atoms with Crippen molar-refractivity contribution in [1.29, 1.82) is 0 Å². The highest BCUT2D eigenvalue weighted by Gasteiger charge is 2.29. The average molecular weight is 486 g/mol. The SMILES string of the molecule is FC(F)(F)COc1cccc(-c2ccc(COc3ccc4ccccc4n3)cc2)c1-c1ccncc1. The Kier molecular flexibility index (Phi) is 6.54. The summed E-state index contributed by atoms with van der Waals surface area (Å²) in [6, 6.07) is 27.9. The van der Waals surface area contributed by atoms with Crippen molar-refractivity contribution in [3.8, 4) is 33.9 Å². The Morgan fingerprint density at radius 3 is 2.25 bits per heavy atom. The molecule has 0 aliphatic carbocycles. The van der Waals surface area contributed by atoms with Crippen LogP contribution in [-0.2, 0) is 6.61 Å². The number of aromatic nitrogens is 2. The van der Waals surface area contributed by atoms with Crippen molar-refractivity contribution in [2.75, 3.05) is 6.61 Å². The molecule has 0 saturated heterocycles. The van der Waals surface area contributed by atoms with E-state index in [0.29, 0.717) is 23.6 Å². The lowest BCUT2D eigenvalue weighted by molar-refractivity contribution is -0.153. The molecule has 0 N–H and O–H groups in total. The van der Waals surface area contributed by atoms with E-state index in [0.717, 1.165) is 27.6 Å². The predicted molar refractivity (Wildman–Crippen MR) is 133 cm³/mol. The molecule has 5 aromatic rings. The summed E-state index contributed by atoms with van der Waals surface area (Å²) in [5, 5.41) is 1.04. The van der Waals surface area contributed by atoms with Gasteiger partial charge >= 0.3 is 6.18 Å². The van der Waals surface area contributed by atoms with Gasteiger partial charge in [0.2, 0.25) is 5.88 Å². The zero-order valence-corrected chi connectivity index (χ0v) is 19.1. The number of fused-ring (bicyclic) bond motifs is 1. The quantitative estimate of drug-likeness (QED) is 0.239. The molecule has 7 heteroatoms. The third-order valence-electron chi connectivity index (χ3n) is 5.61. The van der Waals surface area contributed by atoms with Gasteiger partial charge in [-0.05, 0) is 52.6 Å². The Labute approximate surface area is 206 Å². The molecule has 0 aliphatic heterocycles. The van der Waals surface area contributed by atoms with Gasteiger partial charge in [-0.2, -0.15) is 13.2 Å². The van der Waals surface area contributed by atoms with Crippen LogP contribution in [0.1, 0.15) is 5.56 Å². The van der Waals surface area contributed by atoms with Gasteiger partial charge in [0.05, 0.1) is 5.52 Å². The minimum Gasteiger partial charge on any atom is -0.483 e. The number of hydrogen-bond acceptors (Lipinski definition) is 4. The van der Waals surface area contributed by atoms with Gasteiger partial charge in [-0.3, -0.25) is 4.98 Å². The van der Waals surface area contributed by atoms with Gasteiger partial charge in [-0.1, -0.05) is 54.6 Å². The summed E-state index contributed by atoms with van der Waals surface area (Å²) in [4.78, 5) is 8.55. The third kappa shape index (κ3) is 5.46. The second kappa shape index (κ2) is 10.1. The van der Waals surface area contributed by atoms with Gasteiger partial charge in [-0.15, -0.1) is 0 Å². The number of alkyl halides is 3. The van der Waals surface area contributed by atoms with E-state index in [4.69, 9.17) is 9.47 Å². The molecule has 0 aliphatic rings. The highest BCUT2D eigenvalue weighted by Crippen LogP contribution is 2.39. The first-order valence-corrected chi connectivity index (χ1v) is 11.3. The summed E-state index contributed by atoms with van der Waals surface area (Å²) < 4.78 is 49.7. The number of pyridine rings is 2. The molecule has 180 valence electrons. The van der Waals surface area contributed by atoms with E-state index in [2.05, 4.69) is 9.97 Å². The number of ether oxygens (including phenoxy) is 2. The topological polar surface area (TPSA) is 44.2 Å². The first kappa shape index (κ1) is 23.4. The number of nitrogens with zero attached hydrogens (tertiary/aromatic N) is 2. The first-order valence-electron chi connectivity index (χ1n) is 11.3. The summed E-state index contributed by atoms with van der Waals surface area (Å²) in [6.45, 7) is -1.04. The predicted octanol–water partition coefficient (Wildman–Crippen LogP) is 7.48. The summed E-state index contributed by atoms with van der Waals surface area (Å²) in [5.74, 6) is 0.693. The Morgan fingerprint density at radius 2 is 1.47 bits per heavy atom. The molecule has 3 aromatic carbocycles. The van der Waals surface area contributed by atoms with Crippen molar-refractivity contribution in [3.05, 3.63) is 109 Å². The molecule has 0 saturated carbocycles. The fourth-order valence-electron chi connectivity index (χ4n) is 3.93. The summed E-state index contributed by atoms with van der Waals surface area (Å²) in [6.07, 6.45) is -1.24. The first-order chi connectivity index (χ1) is 17.5. The van der Waals surface area contributed by atoms with E-state index < -0.39 is 12.8 Å². The molecule has 0 bridgehead atoms. The van der Waals surface area contributed by atoms with Gasteiger partial charge in [0.15, 0.2) is 6.61 Å². The number of benzene rings is 3. The van der Waals surface area contributed by atoms with Gasteiger partial charge in [0.1, 0.15) is 12.4 Å². The van der Waals surface area contributed by atoms with Gasteiger partial charge < -0.3 is 9.47 Å². The van der Waals surface area contributed by atoms with Crippen LogP contribution in [0.25, 0.3) is 33.2 Å². The Hall–Kier alpha value is -4.39. The molecular weight excluding hydrogens is 465 g/mol. The van der Waals surface area contributed by atoms with Crippen molar-refractivity contribution in [3.63, 3.8) is 0 Å². The number of hydrogen-bond donors (Lipinski definition) is 0. The summed E-state index contributed by atoms with van der Waals surface area (Å²) in [5.41, 5.74) is 4.68. The number of rotatable bonds is 7. The van der Waals surface area contributed by atoms with Crippen LogP contribution >= 0.6 is 0 Å². The Balaban J connectivity index is 1.40. The largest absolute Gasteiger partial charge is 0.483 e. The van der Waals surface area contributed by atoms with Crippen molar-refractivity contribution in [2.45, 2.75) is 12.8 Å². The summed E-state index contributed by atoms with van der Waals surface area (Å²) in [7, 11) is 0. The van der Waals surface area contributed by atoms with Crippen molar-refractivity contribution in [1.82, 2.24) is 9.97 Å². The molecule has 0 spiro atoms. The maximum atomic E-state index is 12.9. The van der Waals surface area contributed by atoms with E-state index in [1.165, 1.54) is 0 Å². The van der Waals surface area contributed by atoms with Gasteiger partial charge in [-0.25, -0.2) is 4.98 Å². The lowest BCUT2D eigenvalue weighted by Crippen LogP contribution is -2.19. The molecule has 2 aromatic heterocycles. The van der Waals surface area contributed by atoms with Crippen LogP contribution in [0.3, 0.4) is 0 Å². The lowest BCUT2D eigenvalue weighted by Gasteiger charge is -2.17. The Bertz CT molecular complexity index is 1470. The molecule has 5 rings (SSSR count). The van der Waals surface area contributed by atoms with E-state index in [1.54, 1.807) is 36.7 Å². The smallest absolute Gasteiger partial charge is 0.422 e. The van der Waals surface area contributed by atoms with E-state index in [1.807, 2.05) is 66.7 Å². The maximum Gasteiger partial charge on any atom is 0.422 e. The molecule has 0 radical (unpaired) electrons. The van der Waals surface area contributed by atoms with Crippen LogP contribution in [0.4, 0.5) is 13.2 Å². The maximum absolute atomic E-state index is 12.9. The van der Waals surface area contributed by atoms with Crippen molar-refractivity contribution < 1.29 is 22.6 Å². The monoisotopic (exact) mass is 486 g/mol. The zero-order chi connectivity index (χ0) is 25.0. The van der Waals surface area contributed by atoms with Crippen molar-refractivity contribution >= 4 is 10.9 Å². The molecule has 2 heterocycles. The molecule has 0 unspecified atom stereocenters. The average Bonchev–Trinajstić information content (AvgIpc) is 2.91. The number of para-hydroxylation sites is 1. The minimum atomic E-state index is -4.44. The molecule has 0 fully saturated rings. The molecular formula is C29H21F3N2O2. The minimum absolute atomic E-state index is 0.158. The normalized spacial score (nSPS) is 11.4. The van der Waals surface area contributed by atoms with E-state index in [9.17, 15) is 13.2 Å². The van der Waals surface area contributed by atoms with Crippen LogP contribution in [-0.4, -0.2) is 22.8 Å². The zero-order valence-electron chi connectivity index (χ0n) is 19.1. The van der Waals surface area contributed by atoms with Gasteiger partial charge in [0.25, 0.3) is 0 Å². The van der Waals surface area contributed by atoms with Crippen LogP contribution in [0.5, 0.6) is 11.6 Å². The highest BCUT2D eigenvalue weighted by atomic mass is 19.4. The third-order valence-corrected chi connectivity index (χ3v) is 5.61. The molecule has 0 amide bonds. The standard InChI is InChI=1S/C29H21F3N2O2/c30-29(31,32)19-36-26-7-3-5-24(28(26)23-14-16-33-17-15-23)21-10-8-20(9-11-21)18-35-27-13-12-22-4-1-2-6-25(22)34-27/h1-17H,18-19H2. The second-order valence-electron chi connectivity index (χ2n) is 8.15. The van der Waals surface area contributed by atoms with Crippen molar-refractivity contribution in [2.24, 2.45) is 0 Å². The van der Waals surface area contributed by atoms with E-state index >= 15 is 0 Å². The fourth-order valence-corrected chi connectivity index (χ4v) is 3.93. The molecule has 36 heavy (non-hydrogen) atoms. The highest BCUT2D eigenvalue weighted by molar-refractivity contribution is 5.87. The lowest BCUT2D eigenvalue weighted by atomic mass is 9.93. The fraction of sp³-hybridized carbons (Fsp3) is 0.103. The van der Waals surface area contributed by atoms with Crippen LogP contribution < -0.4 is 9.47 Å². The van der Waals surface area contributed by atoms with Crippen LogP contribution in [0.15, 0.2) is 103 Å². The van der Waals surface area contributed by atoms with Crippen LogP contribution in [0.2, 0.25) is 0 Å². The van der Waals surface area contributed by atoms with Crippen LogP contribution in [0, 0.1) is 0 Å². The van der Waals surface area contributed by atoms with E-state index in [-0.39, 0.29) is 5.75 Å². The van der Waals surface area contributed by atoms with Gasteiger partial charge in [0, 0.05) is 29.4 Å². The number of halogens is 3. The second-order valence-corrected chi connectivity index (χ2v) is 8.15.